The largest absolute Gasteiger partial charge is 0.466 e. The lowest BCUT2D eigenvalue weighted by Gasteiger charge is -2.48. The second kappa shape index (κ2) is 11.6. The number of carbonyl (C=O) groups is 3. The third-order valence-corrected chi connectivity index (χ3v) is 8.07. The zero-order valence-corrected chi connectivity index (χ0v) is 24.4. The van der Waals surface area contributed by atoms with Crippen LogP contribution >= 0.6 is 0 Å². The number of hydrogen-bond donors (Lipinski definition) is 1. The number of aliphatic hydroxyl groups excluding tert-OH is 1. The average molecular weight is 568 g/mol. The molecule has 0 fully saturated rings. The molecule has 5 rings (SSSR count). The Hall–Kier alpha value is -4.23. The lowest BCUT2D eigenvalue weighted by molar-refractivity contribution is -0.156. The van der Waals surface area contributed by atoms with Crippen molar-refractivity contribution in [1.82, 2.24) is 0 Å². The highest BCUT2D eigenvalue weighted by Gasteiger charge is 2.67. The summed E-state index contributed by atoms with van der Waals surface area (Å²) in [5, 5.41) is 10.8. The summed E-state index contributed by atoms with van der Waals surface area (Å²) in [7, 11) is 0. The molecule has 0 saturated heterocycles. The molecule has 1 aliphatic carbocycles. The molecule has 4 atom stereocenters. The van der Waals surface area contributed by atoms with Crippen molar-refractivity contribution in [2.24, 2.45) is 11.8 Å². The fourth-order valence-corrected chi connectivity index (χ4v) is 6.70. The van der Waals surface area contributed by atoms with Gasteiger partial charge < -0.3 is 14.6 Å². The fourth-order valence-electron chi connectivity index (χ4n) is 6.70. The molecule has 218 valence electrons. The quantitative estimate of drug-likeness (QED) is 0.292. The first-order chi connectivity index (χ1) is 20.1. The van der Waals surface area contributed by atoms with Gasteiger partial charge in [0, 0.05) is 5.92 Å². The van der Waals surface area contributed by atoms with E-state index in [2.05, 4.69) is 0 Å². The molecule has 3 aromatic carbocycles. The van der Waals surface area contributed by atoms with Gasteiger partial charge in [0.25, 0.3) is 0 Å². The van der Waals surface area contributed by atoms with Gasteiger partial charge in [-0.25, -0.2) is 9.69 Å². The summed E-state index contributed by atoms with van der Waals surface area (Å²) >= 11 is 0. The van der Waals surface area contributed by atoms with Crippen LogP contribution < -0.4 is 4.90 Å². The first kappa shape index (κ1) is 29.3. The number of para-hydroxylation sites is 1. The van der Waals surface area contributed by atoms with Gasteiger partial charge in [-0.2, -0.15) is 0 Å². The first-order valence-corrected chi connectivity index (χ1v) is 14.4. The van der Waals surface area contributed by atoms with Crippen molar-refractivity contribution in [3.05, 3.63) is 113 Å². The number of amides is 2. The molecule has 1 heterocycles. The zero-order chi connectivity index (χ0) is 30.1. The number of allylic oxidation sites excluding steroid dienone is 1. The van der Waals surface area contributed by atoms with Crippen LogP contribution in [-0.2, 0) is 30.9 Å². The van der Waals surface area contributed by atoms with Crippen molar-refractivity contribution >= 4 is 23.7 Å². The van der Waals surface area contributed by atoms with Crippen LogP contribution in [0.2, 0.25) is 0 Å². The lowest BCUT2D eigenvalue weighted by atomic mass is 9.52. The van der Waals surface area contributed by atoms with E-state index < -0.39 is 46.7 Å². The minimum atomic E-state index is -1.59. The van der Waals surface area contributed by atoms with Gasteiger partial charge >= 0.3 is 12.1 Å². The van der Waals surface area contributed by atoms with Crippen LogP contribution in [0.3, 0.4) is 0 Å². The monoisotopic (exact) mass is 567 g/mol. The molecule has 7 nitrogen and oxygen atoms in total. The van der Waals surface area contributed by atoms with Gasteiger partial charge in [-0.3, -0.25) is 9.59 Å². The molecule has 0 saturated carbocycles. The smallest absolute Gasteiger partial charge is 0.421 e. The number of rotatable bonds is 6. The minimum absolute atomic E-state index is 0.127. The molecule has 1 spiro atoms. The summed E-state index contributed by atoms with van der Waals surface area (Å²) in [5.74, 6) is -3.35. The van der Waals surface area contributed by atoms with E-state index in [9.17, 15) is 14.7 Å². The minimum Gasteiger partial charge on any atom is -0.466 e. The highest BCUT2D eigenvalue weighted by atomic mass is 16.6. The number of carbonyl (C=O) groups excluding carboxylic acids is 3. The molecule has 42 heavy (non-hydrogen) atoms. The number of imide groups is 1. The van der Waals surface area contributed by atoms with E-state index in [1.54, 1.807) is 52.0 Å². The molecule has 3 aromatic rings. The van der Waals surface area contributed by atoms with E-state index in [4.69, 9.17) is 9.47 Å². The third kappa shape index (κ3) is 5.02. The van der Waals surface area contributed by atoms with Gasteiger partial charge in [0.1, 0.15) is 11.0 Å². The standard InChI is InChI=1S/C35H37NO6/c1-5-41-31(38)30-25(20-23-14-8-6-9-15-23)21-26(22-37)29(24-16-10-7-11-17-24)35(30)27-18-12-13-19-28(27)36(32(35)39)33(40)42-34(2,3)4/h6-19,21,25,29-30,37H,5,20,22H2,1-4H3/t25-,29+,30-,35-/m1/s1. The molecule has 0 radical (unpaired) electrons. The Labute approximate surface area is 246 Å². The molecule has 0 unspecified atom stereocenters. The summed E-state index contributed by atoms with van der Waals surface area (Å²) in [4.78, 5) is 44.1. The molecule has 2 amide bonds. The maximum Gasteiger partial charge on any atom is 0.421 e. The van der Waals surface area contributed by atoms with E-state index in [1.807, 2.05) is 66.7 Å². The molecule has 2 aliphatic rings. The van der Waals surface area contributed by atoms with Gasteiger partial charge in [0.05, 0.1) is 24.8 Å². The predicted molar refractivity (Wildman–Crippen MR) is 160 cm³/mol. The number of hydrogen-bond acceptors (Lipinski definition) is 6. The highest BCUT2D eigenvalue weighted by molar-refractivity contribution is 6.23. The molecular weight excluding hydrogens is 530 g/mol. The summed E-state index contributed by atoms with van der Waals surface area (Å²) in [5.41, 5.74) is 0.778. The normalized spacial score (nSPS) is 23.4. The second-order valence-corrected chi connectivity index (χ2v) is 11.8. The van der Waals surface area contributed by atoms with Gasteiger partial charge in [0.15, 0.2) is 0 Å². The van der Waals surface area contributed by atoms with Crippen LogP contribution in [0.25, 0.3) is 0 Å². The predicted octanol–water partition coefficient (Wildman–Crippen LogP) is 5.96. The summed E-state index contributed by atoms with van der Waals surface area (Å²) in [6, 6.07) is 26.2. The SMILES string of the molecule is CCOC(=O)[C@H]1[C@H](Cc2ccccc2)C=C(CO)[C@H](c2ccccc2)[C@@]12C(=O)N(C(=O)OC(C)(C)C)c1ccccc12. The van der Waals surface area contributed by atoms with E-state index >= 15 is 4.79 Å². The Morgan fingerprint density at radius 2 is 1.55 bits per heavy atom. The topological polar surface area (TPSA) is 93.1 Å². The molecule has 1 aliphatic heterocycles. The Kier molecular flexibility index (Phi) is 8.06. The Bertz CT molecular complexity index is 1490. The number of ether oxygens (including phenoxy) is 2. The van der Waals surface area contributed by atoms with Crippen molar-refractivity contribution in [1.29, 1.82) is 0 Å². The van der Waals surface area contributed by atoms with Crippen molar-refractivity contribution in [3.63, 3.8) is 0 Å². The van der Waals surface area contributed by atoms with Gasteiger partial charge in [-0.15, -0.1) is 0 Å². The van der Waals surface area contributed by atoms with E-state index in [-0.39, 0.29) is 13.2 Å². The summed E-state index contributed by atoms with van der Waals surface area (Å²) < 4.78 is 11.4. The highest BCUT2D eigenvalue weighted by Crippen LogP contribution is 2.61. The Morgan fingerprint density at radius 1 is 0.929 bits per heavy atom. The molecule has 7 heteroatoms. The number of nitrogens with zero attached hydrogens (tertiary/aromatic N) is 1. The van der Waals surface area contributed by atoms with Crippen LogP contribution in [0.4, 0.5) is 10.5 Å². The third-order valence-electron chi connectivity index (χ3n) is 8.07. The van der Waals surface area contributed by atoms with Crippen LogP contribution in [-0.4, -0.2) is 41.9 Å². The van der Waals surface area contributed by atoms with Crippen LogP contribution in [0, 0.1) is 11.8 Å². The fraction of sp³-hybridized carbons (Fsp3) is 0.343. The van der Waals surface area contributed by atoms with E-state index in [0.717, 1.165) is 16.0 Å². The zero-order valence-electron chi connectivity index (χ0n) is 24.4. The lowest BCUT2D eigenvalue weighted by Crippen LogP contribution is -2.58. The van der Waals surface area contributed by atoms with E-state index in [0.29, 0.717) is 23.2 Å². The van der Waals surface area contributed by atoms with Crippen molar-refractivity contribution in [2.45, 2.75) is 51.0 Å². The maximum atomic E-state index is 15.1. The molecule has 0 bridgehead atoms. The Morgan fingerprint density at radius 3 is 2.17 bits per heavy atom. The van der Waals surface area contributed by atoms with E-state index in [1.165, 1.54) is 0 Å². The number of fused-ring (bicyclic) bond motifs is 2. The summed E-state index contributed by atoms with van der Waals surface area (Å²) in [6.45, 7) is 6.76. The number of benzene rings is 3. The maximum absolute atomic E-state index is 15.1. The molecule has 0 aromatic heterocycles. The number of aliphatic hydroxyl groups is 1. The van der Waals surface area contributed by atoms with Crippen molar-refractivity contribution in [3.8, 4) is 0 Å². The average Bonchev–Trinajstić information content (AvgIpc) is 3.21. The number of anilines is 1. The molecule has 1 N–H and O–H groups in total. The second-order valence-electron chi connectivity index (χ2n) is 11.8. The van der Waals surface area contributed by atoms with Gasteiger partial charge in [0.2, 0.25) is 5.91 Å². The van der Waals surface area contributed by atoms with Crippen LogP contribution in [0.1, 0.15) is 50.3 Å². The molecular formula is C35H37NO6. The van der Waals surface area contributed by atoms with Crippen LogP contribution in [0.5, 0.6) is 0 Å². The first-order valence-electron chi connectivity index (χ1n) is 14.4. The Balaban J connectivity index is 1.83. The summed E-state index contributed by atoms with van der Waals surface area (Å²) in [6.07, 6.45) is 1.55. The number of esters is 1. The van der Waals surface area contributed by atoms with Crippen molar-refractivity contribution < 1.29 is 29.0 Å². The van der Waals surface area contributed by atoms with Gasteiger partial charge in [-0.1, -0.05) is 84.9 Å². The van der Waals surface area contributed by atoms with Gasteiger partial charge in [-0.05, 0) is 68.4 Å². The van der Waals surface area contributed by atoms with Crippen molar-refractivity contribution in [2.75, 3.05) is 18.1 Å². The van der Waals surface area contributed by atoms with Crippen LogP contribution in [0.15, 0.2) is 96.6 Å².